The molecule has 3 rings (SSSR count). The average molecular weight is 402 g/mol. The van der Waals surface area contributed by atoms with Crippen LogP contribution in [0.15, 0.2) is 47.5 Å². The van der Waals surface area contributed by atoms with E-state index in [4.69, 9.17) is 11.6 Å². The van der Waals surface area contributed by atoms with E-state index in [1.165, 1.54) is 16.7 Å². The van der Waals surface area contributed by atoms with Crippen molar-refractivity contribution in [2.75, 3.05) is 12.4 Å². The average Bonchev–Trinajstić information content (AvgIpc) is 2.62. The molecule has 2 amide bonds. The zero-order valence-corrected chi connectivity index (χ0v) is 16.9. The van der Waals surface area contributed by atoms with Gasteiger partial charge in [-0.15, -0.1) is 0 Å². The number of hydrogen-bond donors (Lipinski definition) is 1. The number of carbonyl (C=O) groups is 2. The molecule has 0 saturated carbocycles. The first-order valence-corrected chi connectivity index (χ1v) is 9.75. The predicted molar refractivity (Wildman–Crippen MR) is 112 cm³/mol. The Balaban J connectivity index is 1.80. The number of hydrogen-bond acceptors (Lipinski definition) is 4. The summed E-state index contributed by atoms with van der Waals surface area (Å²) in [6, 6.07) is 13.0. The van der Waals surface area contributed by atoms with Crippen LogP contribution in [0.25, 0.3) is 0 Å². The van der Waals surface area contributed by atoms with Gasteiger partial charge in [0.25, 0.3) is 0 Å². The van der Waals surface area contributed by atoms with Gasteiger partial charge in [-0.3, -0.25) is 14.5 Å². The lowest BCUT2D eigenvalue weighted by Gasteiger charge is -2.28. The predicted octanol–water partition coefficient (Wildman–Crippen LogP) is 4.55. The molecule has 7 heteroatoms. The van der Waals surface area contributed by atoms with Crippen LogP contribution in [-0.4, -0.2) is 34.2 Å². The van der Waals surface area contributed by atoms with Gasteiger partial charge < -0.3 is 5.32 Å². The van der Waals surface area contributed by atoms with E-state index in [1.807, 2.05) is 50.2 Å². The molecule has 1 heterocycles. The Kier molecular flexibility index (Phi) is 5.87. The van der Waals surface area contributed by atoms with Crippen molar-refractivity contribution in [3.63, 3.8) is 0 Å². The number of amidine groups is 1. The van der Waals surface area contributed by atoms with Crippen molar-refractivity contribution in [3.05, 3.63) is 58.6 Å². The summed E-state index contributed by atoms with van der Waals surface area (Å²) in [5.74, 6) is -0.350. The van der Waals surface area contributed by atoms with Crippen LogP contribution in [0.2, 0.25) is 5.02 Å². The number of nitrogens with zero attached hydrogens (tertiary/aromatic N) is 2. The molecule has 0 aromatic heterocycles. The minimum atomic E-state index is -0.533. The van der Waals surface area contributed by atoms with E-state index < -0.39 is 5.25 Å². The number of amides is 2. The molecule has 2 aromatic carbocycles. The van der Waals surface area contributed by atoms with E-state index in [-0.39, 0.29) is 18.2 Å². The van der Waals surface area contributed by atoms with Crippen LogP contribution in [0, 0.1) is 13.8 Å². The SMILES string of the molecule is Cc1cccc(NC(=O)C2CC(=O)N(C)C(=Nc3ccc(C)c(Cl)c3)S2)c1. The highest BCUT2D eigenvalue weighted by atomic mass is 35.5. The molecule has 140 valence electrons. The monoisotopic (exact) mass is 401 g/mol. The van der Waals surface area contributed by atoms with Gasteiger partial charge in [-0.05, 0) is 49.2 Å². The Morgan fingerprint density at radius 1 is 1.26 bits per heavy atom. The van der Waals surface area contributed by atoms with Crippen LogP contribution in [0.5, 0.6) is 0 Å². The standard InChI is InChI=1S/C20H20ClN3O2S/c1-12-5-4-6-14(9-12)22-19(26)17-11-18(25)24(3)20(27-17)23-15-8-7-13(2)16(21)10-15/h4-10,17H,11H2,1-3H3,(H,22,26). The first-order valence-electron chi connectivity index (χ1n) is 8.49. The highest BCUT2D eigenvalue weighted by Gasteiger charge is 2.34. The fourth-order valence-electron chi connectivity index (χ4n) is 2.61. The summed E-state index contributed by atoms with van der Waals surface area (Å²) in [7, 11) is 1.67. The summed E-state index contributed by atoms with van der Waals surface area (Å²) in [6.45, 7) is 3.87. The van der Waals surface area contributed by atoms with Gasteiger partial charge in [0, 0.05) is 24.2 Å². The van der Waals surface area contributed by atoms with Crippen LogP contribution < -0.4 is 5.32 Å². The van der Waals surface area contributed by atoms with Crippen molar-refractivity contribution in [1.29, 1.82) is 0 Å². The number of anilines is 1. The number of nitrogens with one attached hydrogen (secondary N) is 1. The molecule has 1 N–H and O–H groups in total. The smallest absolute Gasteiger partial charge is 0.238 e. The Bertz CT molecular complexity index is 929. The van der Waals surface area contributed by atoms with Crippen LogP contribution in [0.1, 0.15) is 17.5 Å². The van der Waals surface area contributed by atoms with Gasteiger partial charge in [-0.2, -0.15) is 0 Å². The highest BCUT2D eigenvalue weighted by Crippen LogP contribution is 2.30. The number of carbonyl (C=O) groups excluding carboxylic acids is 2. The van der Waals surface area contributed by atoms with Gasteiger partial charge in [-0.1, -0.05) is 41.6 Å². The van der Waals surface area contributed by atoms with Crippen molar-refractivity contribution in [2.24, 2.45) is 4.99 Å². The quantitative estimate of drug-likeness (QED) is 0.820. The zero-order chi connectivity index (χ0) is 19.6. The normalized spacial score (nSPS) is 18.7. The van der Waals surface area contributed by atoms with Crippen LogP contribution in [0.4, 0.5) is 11.4 Å². The van der Waals surface area contributed by atoms with E-state index in [0.29, 0.717) is 15.9 Å². The van der Waals surface area contributed by atoms with E-state index in [1.54, 1.807) is 13.1 Å². The molecular weight excluding hydrogens is 382 g/mol. The molecule has 0 radical (unpaired) electrons. The first-order chi connectivity index (χ1) is 12.8. The fourth-order valence-corrected chi connectivity index (χ4v) is 3.84. The fraction of sp³-hybridized carbons (Fsp3) is 0.250. The summed E-state index contributed by atoms with van der Waals surface area (Å²) in [5, 5.41) is 3.44. The molecule has 5 nitrogen and oxygen atoms in total. The van der Waals surface area contributed by atoms with Crippen LogP contribution in [-0.2, 0) is 9.59 Å². The number of thioether (sulfide) groups is 1. The maximum Gasteiger partial charge on any atom is 0.238 e. The number of benzene rings is 2. The second-order valence-corrected chi connectivity index (χ2v) is 8.03. The lowest BCUT2D eigenvalue weighted by molar-refractivity contribution is -0.128. The summed E-state index contributed by atoms with van der Waals surface area (Å²) in [4.78, 5) is 31.0. The number of rotatable bonds is 3. The third-order valence-corrected chi connectivity index (χ3v) is 5.88. The third kappa shape index (κ3) is 4.70. The second-order valence-electron chi connectivity index (χ2n) is 6.45. The van der Waals surface area contributed by atoms with Crippen molar-refractivity contribution in [2.45, 2.75) is 25.5 Å². The van der Waals surface area contributed by atoms with E-state index >= 15 is 0 Å². The molecular formula is C20H20ClN3O2S. The molecule has 0 bridgehead atoms. The Labute approximate surface area is 167 Å². The van der Waals surface area contributed by atoms with Gasteiger partial charge >= 0.3 is 0 Å². The summed E-state index contributed by atoms with van der Waals surface area (Å²) in [6.07, 6.45) is 0.131. The second kappa shape index (κ2) is 8.15. The number of halogens is 1. The van der Waals surface area contributed by atoms with Crippen molar-refractivity contribution in [1.82, 2.24) is 4.90 Å². The molecule has 1 atom stereocenters. The number of aliphatic imine (C=N–C) groups is 1. The molecule has 0 aliphatic carbocycles. The summed E-state index contributed by atoms with van der Waals surface area (Å²) >= 11 is 7.44. The minimum Gasteiger partial charge on any atom is -0.325 e. The topological polar surface area (TPSA) is 61.8 Å². The lowest BCUT2D eigenvalue weighted by Crippen LogP contribution is -2.43. The molecule has 1 aliphatic rings. The largest absolute Gasteiger partial charge is 0.325 e. The molecule has 2 aromatic rings. The van der Waals surface area contributed by atoms with Crippen molar-refractivity contribution >= 4 is 51.7 Å². The van der Waals surface area contributed by atoms with Crippen LogP contribution >= 0.6 is 23.4 Å². The van der Waals surface area contributed by atoms with Gasteiger partial charge in [0.2, 0.25) is 11.8 Å². The summed E-state index contributed by atoms with van der Waals surface area (Å²) in [5.41, 5.74) is 3.37. The first kappa shape index (κ1) is 19.5. The van der Waals surface area contributed by atoms with Gasteiger partial charge in [0.1, 0.15) is 5.25 Å². The maximum atomic E-state index is 12.6. The minimum absolute atomic E-state index is 0.131. The Morgan fingerprint density at radius 3 is 2.74 bits per heavy atom. The van der Waals surface area contributed by atoms with E-state index in [2.05, 4.69) is 10.3 Å². The molecule has 1 fully saturated rings. The molecule has 1 aliphatic heterocycles. The highest BCUT2D eigenvalue weighted by molar-refractivity contribution is 8.15. The van der Waals surface area contributed by atoms with Crippen LogP contribution in [0.3, 0.4) is 0 Å². The van der Waals surface area contributed by atoms with Crippen molar-refractivity contribution in [3.8, 4) is 0 Å². The number of aryl methyl sites for hydroxylation is 2. The lowest BCUT2D eigenvalue weighted by atomic mass is 10.2. The third-order valence-electron chi connectivity index (χ3n) is 4.23. The molecule has 1 unspecified atom stereocenters. The maximum absolute atomic E-state index is 12.6. The van der Waals surface area contributed by atoms with E-state index in [0.717, 1.165) is 16.8 Å². The van der Waals surface area contributed by atoms with Gasteiger partial charge in [-0.25, -0.2) is 4.99 Å². The Hall–Kier alpha value is -2.31. The Morgan fingerprint density at radius 2 is 2.04 bits per heavy atom. The van der Waals surface area contributed by atoms with Gasteiger partial charge in [0.05, 0.1) is 5.69 Å². The summed E-state index contributed by atoms with van der Waals surface area (Å²) < 4.78 is 0. The van der Waals surface area contributed by atoms with Gasteiger partial charge in [0.15, 0.2) is 5.17 Å². The molecule has 0 spiro atoms. The van der Waals surface area contributed by atoms with E-state index in [9.17, 15) is 9.59 Å². The molecule has 1 saturated heterocycles. The zero-order valence-electron chi connectivity index (χ0n) is 15.3. The van der Waals surface area contributed by atoms with Crippen molar-refractivity contribution < 1.29 is 9.59 Å². The molecule has 27 heavy (non-hydrogen) atoms.